The van der Waals surface area contributed by atoms with E-state index in [1.54, 1.807) is 0 Å². The van der Waals surface area contributed by atoms with Crippen LogP contribution in [-0.4, -0.2) is 37.2 Å². The summed E-state index contributed by atoms with van der Waals surface area (Å²) in [4.78, 5) is 37.5. The molecule has 0 amide bonds. The van der Waals surface area contributed by atoms with E-state index in [1.165, 1.54) is 83.5 Å². The molecule has 0 heterocycles. The molecule has 6 heteroatoms. The predicted octanol–water partition coefficient (Wildman–Crippen LogP) is 13.0. The van der Waals surface area contributed by atoms with Gasteiger partial charge in [-0.05, 0) is 64.2 Å². The maximum absolute atomic E-state index is 12.6. The lowest BCUT2D eigenvalue weighted by atomic mass is 10.0. The summed E-state index contributed by atoms with van der Waals surface area (Å²) in [7, 11) is 0. The lowest BCUT2D eigenvalue weighted by molar-refractivity contribution is -0.167. The Labute approximate surface area is 308 Å². The first-order valence-electron chi connectivity index (χ1n) is 21.0. The highest BCUT2D eigenvalue weighted by atomic mass is 16.6. The highest BCUT2D eigenvalue weighted by molar-refractivity contribution is 5.71. The zero-order valence-corrected chi connectivity index (χ0v) is 32.9. The van der Waals surface area contributed by atoms with Gasteiger partial charge in [-0.1, -0.05) is 160 Å². The average Bonchev–Trinajstić information content (AvgIpc) is 3.11. The van der Waals surface area contributed by atoms with Crippen molar-refractivity contribution in [1.82, 2.24) is 0 Å². The van der Waals surface area contributed by atoms with Crippen LogP contribution in [0.3, 0.4) is 0 Å². The normalized spacial score (nSPS) is 12.3. The minimum Gasteiger partial charge on any atom is -0.462 e. The van der Waals surface area contributed by atoms with Gasteiger partial charge in [0.05, 0.1) is 0 Å². The zero-order valence-electron chi connectivity index (χ0n) is 32.9. The van der Waals surface area contributed by atoms with E-state index in [2.05, 4.69) is 57.2 Å². The topological polar surface area (TPSA) is 78.9 Å². The number of hydrogen-bond donors (Lipinski definition) is 0. The van der Waals surface area contributed by atoms with Crippen molar-refractivity contribution in [2.75, 3.05) is 13.2 Å². The number of unbranched alkanes of at least 4 members (excludes halogenated alkanes) is 20. The molecular weight excluding hydrogens is 624 g/mol. The Hall–Kier alpha value is -2.37. The molecule has 0 aliphatic carbocycles. The van der Waals surface area contributed by atoms with Crippen molar-refractivity contribution in [3.05, 3.63) is 36.5 Å². The standard InChI is InChI=1S/C44H78O6/c1-4-7-10-13-16-19-21-23-25-28-31-34-37-43(46)49-40-41(39-48-42(45)36-33-30-27-24-18-15-12-9-6-3)50-44(47)38-35-32-29-26-22-20-17-14-11-8-5-2/h9,12,14,17-18,24,41H,4-8,10-11,13,15-16,19-23,25-40H2,1-3H3/b12-9-,17-14-,24-18-. The molecule has 0 aromatic carbocycles. The molecule has 6 nitrogen and oxygen atoms in total. The molecule has 0 aromatic heterocycles. The van der Waals surface area contributed by atoms with Crippen molar-refractivity contribution in [3.8, 4) is 0 Å². The van der Waals surface area contributed by atoms with Crippen molar-refractivity contribution in [2.45, 2.75) is 213 Å². The molecule has 0 aliphatic rings. The van der Waals surface area contributed by atoms with E-state index in [0.717, 1.165) is 83.5 Å². The second-order valence-electron chi connectivity index (χ2n) is 13.9. The van der Waals surface area contributed by atoms with Crippen molar-refractivity contribution in [2.24, 2.45) is 0 Å². The third-order valence-corrected chi connectivity index (χ3v) is 8.88. The first-order valence-corrected chi connectivity index (χ1v) is 21.0. The van der Waals surface area contributed by atoms with Crippen LogP contribution in [0, 0.1) is 0 Å². The average molecular weight is 703 g/mol. The Bertz CT molecular complexity index is 861. The van der Waals surface area contributed by atoms with Gasteiger partial charge >= 0.3 is 17.9 Å². The minimum absolute atomic E-state index is 0.0842. The highest BCUT2D eigenvalue weighted by Crippen LogP contribution is 2.14. The molecule has 0 saturated carbocycles. The van der Waals surface area contributed by atoms with E-state index in [9.17, 15) is 14.4 Å². The van der Waals surface area contributed by atoms with Crippen molar-refractivity contribution < 1.29 is 28.6 Å². The number of ether oxygens (including phenoxy) is 3. The van der Waals surface area contributed by atoms with Crippen LogP contribution in [0.25, 0.3) is 0 Å². The Kier molecular flexibility index (Phi) is 37.5. The minimum atomic E-state index is -0.782. The fraction of sp³-hybridized carbons (Fsp3) is 0.795. The quantitative estimate of drug-likeness (QED) is 0.0277. The van der Waals surface area contributed by atoms with Crippen LogP contribution < -0.4 is 0 Å². The van der Waals surface area contributed by atoms with Crippen LogP contribution in [0.4, 0.5) is 0 Å². The first-order chi connectivity index (χ1) is 24.5. The lowest BCUT2D eigenvalue weighted by Crippen LogP contribution is -2.30. The molecule has 0 bridgehead atoms. The summed E-state index contributed by atoms with van der Waals surface area (Å²) in [6.07, 6.45) is 42.8. The van der Waals surface area contributed by atoms with Crippen LogP contribution in [0.5, 0.6) is 0 Å². The Balaban J connectivity index is 4.40. The predicted molar refractivity (Wildman–Crippen MR) is 210 cm³/mol. The van der Waals surface area contributed by atoms with Gasteiger partial charge in [-0.25, -0.2) is 0 Å². The monoisotopic (exact) mass is 703 g/mol. The Morgan fingerprint density at radius 1 is 0.420 bits per heavy atom. The molecular formula is C44H78O6. The molecule has 50 heavy (non-hydrogen) atoms. The maximum Gasteiger partial charge on any atom is 0.306 e. The maximum atomic E-state index is 12.6. The summed E-state index contributed by atoms with van der Waals surface area (Å²) in [5, 5.41) is 0. The van der Waals surface area contributed by atoms with E-state index in [1.807, 2.05) is 0 Å². The van der Waals surface area contributed by atoms with E-state index < -0.39 is 6.10 Å². The summed E-state index contributed by atoms with van der Waals surface area (Å²) >= 11 is 0. The molecule has 0 aromatic rings. The van der Waals surface area contributed by atoms with E-state index in [0.29, 0.717) is 19.3 Å². The van der Waals surface area contributed by atoms with Crippen molar-refractivity contribution >= 4 is 17.9 Å². The number of carbonyl (C=O) groups excluding carboxylic acids is 3. The fourth-order valence-corrected chi connectivity index (χ4v) is 5.69. The van der Waals surface area contributed by atoms with Gasteiger partial charge in [-0.3, -0.25) is 14.4 Å². The molecule has 0 radical (unpaired) electrons. The van der Waals surface area contributed by atoms with Gasteiger partial charge in [0.15, 0.2) is 6.10 Å². The van der Waals surface area contributed by atoms with E-state index in [-0.39, 0.29) is 31.1 Å². The summed E-state index contributed by atoms with van der Waals surface area (Å²) in [6.45, 7) is 6.41. The number of carbonyl (C=O) groups is 3. The molecule has 0 aliphatic heterocycles. The highest BCUT2D eigenvalue weighted by Gasteiger charge is 2.19. The van der Waals surface area contributed by atoms with Gasteiger partial charge in [0.1, 0.15) is 13.2 Å². The van der Waals surface area contributed by atoms with Gasteiger partial charge in [0, 0.05) is 19.3 Å². The van der Waals surface area contributed by atoms with E-state index >= 15 is 0 Å². The summed E-state index contributed by atoms with van der Waals surface area (Å²) in [6, 6.07) is 0. The Morgan fingerprint density at radius 3 is 1.32 bits per heavy atom. The number of esters is 3. The molecule has 0 N–H and O–H groups in total. The summed E-state index contributed by atoms with van der Waals surface area (Å²) in [5.41, 5.74) is 0. The zero-order chi connectivity index (χ0) is 36.6. The van der Waals surface area contributed by atoms with Gasteiger partial charge < -0.3 is 14.2 Å². The number of rotatable bonds is 37. The molecule has 0 spiro atoms. The van der Waals surface area contributed by atoms with Crippen molar-refractivity contribution in [3.63, 3.8) is 0 Å². The first kappa shape index (κ1) is 47.6. The molecule has 0 saturated heterocycles. The smallest absolute Gasteiger partial charge is 0.306 e. The van der Waals surface area contributed by atoms with Crippen LogP contribution in [0.2, 0.25) is 0 Å². The summed E-state index contributed by atoms with van der Waals surface area (Å²) in [5.74, 6) is -0.936. The Morgan fingerprint density at radius 2 is 0.800 bits per heavy atom. The second kappa shape index (κ2) is 39.4. The molecule has 0 rings (SSSR count). The van der Waals surface area contributed by atoms with Gasteiger partial charge in [0.25, 0.3) is 0 Å². The van der Waals surface area contributed by atoms with Gasteiger partial charge in [-0.2, -0.15) is 0 Å². The van der Waals surface area contributed by atoms with Crippen LogP contribution in [-0.2, 0) is 28.6 Å². The molecule has 1 unspecified atom stereocenters. The second-order valence-corrected chi connectivity index (χ2v) is 13.9. The summed E-state index contributed by atoms with van der Waals surface area (Å²) < 4.78 is 16.6. The van der Waals surface area contributed by atoms with Crippen LogP contribution in [0.1, 0.15) is 207 Å². The fourth-order valence-electron chi connectivity index (χ4n) is 5.69. The molecule has 290 valence electrons. The van der Waals surface area contributed by atoms with E-state index in [4.69, 9.17) is 14.2 Å². The number of allylic oxidation sites excluding steroid dienone is 6. The molecule has 1 atom stereocenters. The van der Waals surface area contributed by atoms with Crippen LogP contribution in [0.15, 0.2) is 36.5 Å². The number of hydrogen-bond acceptors (Lipinski definition) is 6. The SMILES string of the molecule is CC/C=C\C/C=C\CCCCC(=O)OCC(COC(=O)CCCCCCCCCCCCCC)OC(=O)CCCCCCC/C=C\CCCC. The molecule has 0 fully saturated rings. The third-order valence-electron chi connectivity index (χ3n) is 8.88. The largest absolute Gasteiger partial charge is 0.462 e. The third kappa shape index (κ3) is 36.9. The van der Waals surface area contributed by atoms with Crippen molar-refractivity contribution in [1.29, 1.82) is 0 Å². The van der Waals surface area contributed by atoms with Gasteiger partial charge in [-0.15, -0.1) is 0 Å². The van der Waals surface area contributed by atoms with Crippen LogP contribution >= 0.6 is 0 Å². The van der Waals surface area contributed by atoms with Gasteiger partial charge in [0.2, 0.25) is 0 Å². The lowest BCUT2D eigenvalue weighted by Gasteiger charge is -2.18.